The summed E-state index contributed by atoms with van der Waals surface area (Å²) in [5.74, 6) is -1.18. The third-order valence-electron chi connectivity index (χ3n) is 4.22. The van der Waals surface area contributed by atoms with Gasteiger partial charge in [-0.2, -0.15) is 8.99 Å². The number of nitrogens with one attached hydrogen (secondary N) is 1. The minimum absolute atomic E-state index is 0. The molecule has 1 aromatic carbocycles. The van der Waals surface area contributed by atoms with Crippen molar-refractivity contribution in [2.75, 3.05) is 19.6 Å². The average Bonchev–Trinajstić information content (AvgIpc) is 3.07. The van der Waals surface area contributed by atoms with Crippen molar-refractivity contribution in [2.24, 2.45) is 0 Å². The van der Waals surface area contributed by atoms with Gasteiger partial charge in [0.15, 0.2) is 0 Å². The Morgan fingerprint density at radius 2 is 2.19 bits per heavy atom. The Kier molecular flexibility index (Phi) is 6.52. The number of aryl methyl sites for hydroxylation is 1. The van der Waals surface area contributed by atoms with Crippen LogP contribution in [-0.4, -0.2) is 47.1 Å². The largest absolute Gasteiger partial charge is 0.410 e. The summed E-state index contributed by atoms with van der Waals surface area (Å²) in [7, 11) is -4.19. The lowest BCUT2D eigenvalue weighted by Gasteiger charge is -2.35. The minimum Gasteiger partial charge on any atom is -0.358 e. The summed E-state index contributed by atoms with van der Waals surface area (Å²) in [6, 6.07) is 5.00. The zero-order chi connectivity index (χ0) is 18.9. The van der Waals surface area contributed by atoms with E-state index in [1.807, 2.05) is 0 Å². The molecule has 1 saturated heterocycles. The van der Waals surface area contributed by atoms with E-state index in [1.54, 1.807) is 13.0 Å². The molecule has 0 aliphatic carbocycles. The van der Waals surface area contributed by atoms with Crippen molar-refractivity contribution in [3.8, 4) is 0 Å². The first-order valence-electron chi connectivity index (χ1n) is 8.04. The Morgan fingerprint density at radius 3 is 2.81 bits per heavy atom. The summed E-state index contributed by atoms with van der Waals surface area (Å²) < 4.78 is 42.3. The second-order valence-electron chi connectivity index (χ2n) is 5.82. The van der Waals surface area contributed by atoms with Gasteiger partial charge < -0.3 is 15.4 Å². The Balaban J connectivity index is 0.00000261. The maximum atomic E-state index is 13.6. The van der Waals surface area contributed by atoms with Crippen LogP contribution in [0.4, 0.5) is 10.2 Å². The fourth-order valence-corrected chi connectivity index (χ4v) is 4.68. The first-order valence-corrected chi connectivity index (χ1v) is 9.48. The molecule has 2 aromatic rings. The Labute approximate surface area is 161 Å². The molecule has 148 valence electrons. The molecule has 1 N–H and O–H groups in total. The molecule has 0 amide bonds. The van der Waals surface area contributed by atoms with E-state index in [0.29, 0.717) is 18.7 Å². The monoisotopic (exact) mass is 419 g/mol. The van der Waals surface area contributed by atoms with E-state index >= 15 is 0 Å². The van der Waals surface area contributed by atoms with Gasteiger partial charge in [0.25, 0.3) is 10.0 Å². The van der Waals surface area contributed by atoms with Crippen LogP contribution in [0, 0.1) is 15.9 Å². The molecule has 27 heavy (non-hydrogen) atoms. The highest BCUT2D eigenvalue weighted by Gasteiger charge is 2.40. The molecule has 0 saturated carbocycles. The van der Waals surface area contributed by atoms with Gasteiger partial charge in [0.05, 0.1) is 23.9 Å². The molecule has 1 aliphatic rings. The topological polar surface area (TPSA) is 110 Å². The van der Waals surface area contributed by atoms with Gasteiger partial charge in [0, 0.05) is 19.6 Å². The van der Waals surface area contributed by atoms with Crippen molar-refractivity contribution in [1.29, 1.82) is 0 Å². The maximum Gasteiger partial charge on any atom is 0.410 e. The minimum atomic E-state index is -4.19. The summed E-state index contributed by atoms with van der Waals surface area (Å²) in [4.78, 5) is 10.0. The summed E-state index contributed by atoms with van der Waals surface area (Å²) in [5, 5.41) is 18.1. The molecular weight excluding hydrogens is 401 g/mol. The van der Waals surface area contributed by atoms with Crippen molar-refractivity contribution >= 4 is 28.2 Å². The van der Waals surface area contributed by atoms with Crippen LogP contribution in [0.1, 0.15) is 18.5 Å². The molecule has 0 bridgehead atoms. The normalized spacial score (nSPS) is 18.1. The third-order valence-corrected chi connectivity index (χ3v) is 6.12. The quantitative estimate of drug-likeness (QED) is 0.583. The maximum absolute atomic E-state index is 13.6. The number of rotatable bonds is 5. The van der Waals surface area contributed by atoms with Crippen LogP contribution in [0.25, 0.3) is 0 Å². The van der Waals surface area contributed by atoms with E-state index in [1.165, 1.54) is 27.2 Å². The van der Waals surface area contributed by atoms with Gasteiger partial charge in [0.2, 0.25) is 4.90 Å². The summed E-state index contributed by atoms with van der Waals surface area (Å²) >= 11 is 0. The average molecular weight is 420 g/mol. The second kappa shape index (κ2) is 8.30. The van der Waals surface area contributed by atoms with Crippen molar-refractivity contribution in [2.45, 2.75) is 24.4 Å². The van der Waals surface area contributed by atoms with E-state index in [0.717, 1.165) is 6.20 Å². The van der Waals surface area contributed by atoms with Crippen molar-refractivity contribution in [3.63, 3.8) is 0 Å². The van der Waals surface area contributed by atoms with Crippen LogP contribution >= 0.6 is 12.4 Å². The molecule has 1 aliphatic heterocycles. The van der Waals surface area contributed by atoms with Crippen LogP contribution in [0.15, 0.2) is 35.4 Å². The van der Waals surface area contributed by atoms with Crippen LogP contribution < -0.4 is 5.32 Å². The highest BCUT2D eigenvalue weighted by atomic mass is 35.5. The lowest BCUT2D eigenvalue weighted by Crippen LogP contribution is -2.48. The molecule has 3 rings (SSSR count). The van der Waals surface area contributed by atoms with E-state index in [9.17, 15) is 22.9 Å². The SMILES string of the molecule is CCn1cc(S(=O)(=O)N2CCNCC2c2cccc(F)c2)c([N+](=O)[O-])n1.Cl. The number of hydrogen-bond donors (Lipinski definition) is 1. The number of hydrogen-bond acceptors (Lipinski definition) is 6. The Morgan fingerprint density at radius 1 is 1.44 bits per heavy atom. The zero-order valence-corrected chi connectivity index (χ0v) is 16.0. The van der Waals surface area contributed by atoms with Crippen LogP contribution in [0.5, 0.6) is 0 Å². The standard InChI is InChI=1S/C15H18FN5O4S.ClH/c1-2-19-10-14(15(18-19)21(22)23)26(24,25)20-7-6-17-9-13(20)11-4-3-5-12(16)8-11;/h3-5,8,10,13,17H,2,6-7,9H2,1H3;1H. The number of nitro groups is 1. The molecule has 1 aromatic heterocycles. The van der Waals surface area contributed by atoms with Crippen molar-refractivity contribution in [1.82, 2.24) is 19.4 Å². The molecule has 2 heterocycles. The van der Waals surface area contributed by atoms with Gasteiger partial charge in [0.1, 0.15) is 5.82 Å². The van der Waals surface area contributed by atoms with Crippen LogP contribution in [0.3, 0.4) is 0 Å². The van der Waals surface area contributed by atoms with Crippen LogP contribution in [0.2, 0.25) is 0 Å². The Hall–Kier alpha value is -2.08. The molecule has 1 fully saturated rings. The zero-order valence-electron chi connectivity index (χ0n) is 14.4. The van der Waals surface area contributed by atoms with Gasteiger partial charge in [-0.25, -0.2) is 12.8 Å². The number of aromatic nitrogens is 2. The fourth-order valence-electron chi connectivity index (χ4n) is 2.96. The van der Waals surface area contributed by atoms with Crippen molar-refractivity contribution in [3.05, 3.63) is 52.0 Å². The number of halogens is 2. The van der Waals surface area contributed by atoms with Gasteiger partial charge in [-0.3, -0.25) is 0 Å². The van der Waals surface area contributed by atoms with Gasteiger partial charge in [-0.05, 0) is 29.5 Å². The molecule has 1 atom stereocenters. The number of benzene rings is 1. The fraction of sp³-hybridized carbons (Fsp3) is 0.400. The molecule has 9 nitrogen and oxygen atoms in total. The first kappa shape index (κ1) is 21.2. The highest BCUT2D eigenvalue weighted by molar-refractivity contribution is 7.89. The number of piperazine rings is 1. The van der Waals surface area contributed by atoms with E-state index < -0.39 is 37.5 Å². The smallest absolute Gasteiger partial charge is 0.358 e. The first-order chi connectivity index (χ1) is 12.3. The second-order valence-corrected chi connectivity index (χ2v) is 7.68. The molecule has 1 unspecified atom stereocenters. The van der Waals surface area contributed by atoms with Crippen LogP contribution in [-0.2, 0) is 16.6 Å². The molecule has 12 heteroatoms. The number of sulfonamides is 1. The lowest BCUT2D eigenvalue weighted by atomic mass is 10.1. The predicted molar refractivity (Wildman–Crippen MR) is 97.7 cm³/mol. The van der Waals surface area contributed by atoms with Gasteiger partial charge in [-0.1, -0.05) is 12.1 Å². The molecular formula is C15H19ClFN5O4S. The van der Waals surface area contributed by atoms with E-state index in [2.05, 4.69) is 10.4 Å². The predicted octanol–water partition coefficient (Wildman–Crippen LogP) is 1.71. The van der Waals surface area contributed by atoms with Gasteiger partial charge in [-0.15, -0.1) is 12.4 Å². The molecule has 0 radical (unpaired) electrons. The van der Waals surface area contributed by atoms with E-state index in [4.69, 9.17) is 0 Å². The summed E-state index contributed by atoms with van der Waals surface area (Å²) in [6.45, 7) is 2.77. The Bertz CT molecular complexity index is 936. The lowest BCUT2D eigenvalue weighted by molar-refractivity contribution is -0.392. The molecule has 0 spiro atoms. The van der Waals surface area contributed by atoms with E-state index in [-0.39, 0.29) is 25.5 Å². The number of nitrogens with zero attached hydrogens (tertiary/aromatic N) is 4. The summed E-state index contributed by atoms with van der Waals surface area (Å²) in [6.07, 6.45) is 1.16. The summed E-state index contributed by atoms with van der Waals surface area (Å²) in [5.41, 5.74) is 0.478. The third kappa shape index (κ3) is 4.10. The highest BCUT2D eigenvalue weighted by Crippen LogP contribution is 2.32. The van der Waals surface area contributed by atoms with Gasteiger partial charge >= 0.3 is 5.82 Å². The van der Waals surface area contributed by atoms with Crippen molar-refractivity contribution < 1.29 is 17.7 Å².